The van der Waals surface area contributed by atoms with Crippen molar-refractivity contribution in [3.05, 3.63) is 29.8 Å². The van der Waals surface area contributed by atoms with E-state index >= 15 is 0 Å². The van der Waals surface area contributed by atoms with E-state index in [0.29, 0.717) is 11.6 Å². The number of rotatable bonds is 6. The number of alkyl halides is 3. The van der Waals surface area contributed by atoms with Crippen LogP contribution in [0.5, 0.6) is 0 Å². The molecule has 1 N–H and O–H groups in total. The Bertz CT molecular complexity index is 444. The summed E-state index contributed by atoms with van der Waals surface area (Å²) in [7, 11) is 0. The Balaban J connectivity index is 2.37. The number of ether oxygens (including phenoxy) is 1. The van der Waals surface area contributed by atoms with Crippen molar-refractivity contribution >= 4 is 11.6 Å². The second-order valence-corrected chi connectivity index (χ2v) is 4.75. The molecule has 1 aromatic carbocycles. The number of halogens is 3. The largest absolute Gasteiger partial charge is 0.411 e. The molecule has 0 saturated carbocycles. The maximum atomic E-state index is 11.8. The highest BCUT2D eigenvalue weighted by Gasteiger charge is 2.27. The molecule has 0 atom stereocenters. The number of amides is 1. The summed E-state index contributed by atoms with van der Waals surface area (Å²) in [6.45, 7) is 2.48. The fraction of sp³-hybridized carbons (Fsp3) is 0.500. The van der Waals surface area contributed by atoms with E-state index in [0.717, 1.165) is 5.56 Å². The number of carbonyl (C=O) groups is 1. The van der Waals surface area contributed by atoms with Gasteiger partial charge in [0, 0.05) is 5.69 Å². The molecule has 1 rings (SSSR count). The third-order valence-electron chi connectivity index (χ3n) is 2.58. The van der Waals surface area contributed by atoms with Gasteiger partial charge in [0.2, 0.25) is 5.91 Å². The molecule has 0 heterocycles. The number of carbonyl (C=O) groups excluding carboxylic acids is 1. The van der Waals surface area contributed by atoms with Gasteiger partial charge in [-0.25, -0.2) is 0 Å². The SMILES string of the molecule is CC(C)c1cccc(NC(=O)CCOCC(F)(F)F)c1. The monoisotopic (exact) mass is 289 g/mol. The number of hydrogen-bond acceptors (Lipinski definition) is 2. The minimum atomic E-state index is -4.36. The zero-order valence-electron chi connectivity index (χ0n) is 11.5. The van der Waals surface area contributed by atoms with Crippen molar-refractivity contribution in [1.29, 1.82) is 0 Å². The first-order valence-electron chi connectivity index (χ1n) is 6.32. The molecule has 20 heavy (non-hydrogen) atoms. The Morgan fingerprint density at radius 1 is 1.35 bits per heavy atom. The highest BCUT2D eigenvalue weighted by molar-refractivity contribution is 5.90. The summed E-state index contributed by atoms with van der Waals surface area (Å²) in [4.78, 5) is 11.5. The normalized spacial score (nSPS) is 11.7. The predicted molar refractivity (Wildman–Crippen MR) is 70.7 cm³/mol. The molecular formula is C14H18F3NO2. The lowest BCUT2D eigenvalue weighted by atomic mass is 10.0. The number of hydrogen-bond donors (Lipinski definition) is 1. The highest BCUT2D eigenvalue weighted by atomic mass is 19.4. The standard InChI is InChI=1S/C14H18F3NO2/c1-10(2)11-4-3-5-12(8-11)18-13(19)6-7-20-9-14(15,16)17/h3-5,8,10H,6-7,9H2,1-2H3,(H,18,19). The van der Waals surface area contributed by atoms with Crippen LogP contribution in [-0.4, -0.2) is 25.3 Å². The van der Waals surface area contributed by atoms with Crippen LogP contribution in [0.2, 0.25) is 0 Å². The lowest BCUT2D eigenvalue weighted by Gasteiger charge is -2.10. The maximum absolute atomic E-state index is 11.8. The molecule has 0 unspecified atom stereocenters. The van der Waals surface area contributed by atoms with Gasteiger partial charge in [0.05, 0.1) is 13.0 Å². The van der Waals surface area contributed by atoms with E-state index in [1.165, 1.54) is 0 Å². The third-order valence-corrected chi connectivity index (χ3v) is 2.58. The molecular weight excluding hydrogens is 271 g/mol. The van der Waals surface area contributed by atoms with Crippen molar-refractivity contribution in [2.24, 2.45) is 0 Å². The van der Waals surface area contributed by atoms with Crippen LogP contribution in [0.4, 0.5) is 18.9 Å². The molecule has 0 aliphatic carbocycles. The molecule has 0 saturated heterocycles. The van der Waals surface area contributed by atoms with Crippen LogP contribution >= 0.6 is 0 Å². The van der Waals surface area contributed by atoms with Gasteiger partial charge in [0.15, 0.2) is 0 Å². The first kappa shape index (κ1) is 16.5. The molecule has 0 aromatic heterocycles. The topological polar surface area (TPSA) is 38.3 Å². The van der Waals surface area contributed by atoms with Gasteiger partial charge in [-0.1, -0.05) is 26.0 Å². The fourth-order valence-electron chi connectivity index (χ4n) is 1.55. The van der Waals surface area contributed by atoms with Crippen LogP contribution in [0, 0.1) is 0 Å². The Hall–Kier alpha value is -1.56. The van der Waals surface area contributed by atoms with Crippen LogP contribution in [0.1, 0.15) is 31.7 Å². The van der Waals surface area contributed by atoms with E-state index in [-0.39, 0.29) is 18.9 Å². The van der Waals surface area contributed by atoms with Gasteiger partial charge in [0.25, 0.3) is 0 Å². The molecule has 1 aromatic rings. The summed E-state index contributed by atoms with van der Waals surface area (Å²) < 4.78 is 39.8. The van der Waals surface area contributed by atoms with Crippen molar-refractivity contribution in [1.82, 2.24) is 0 Å². The lowest BCUT2D eigenvalue weighted by molar-refractivity contribution is -0.174. The average molecular weight is 289 g/mol. The van der Waals surface area contributed by atoms with Crippen molar-refractivity contribution < 1.29 is 22.7 Å². The molecule has 0 bridgehead atoms. The molecule has 0 aliphatic heterocycles. The molecule has 0 aliphatic rings. The number of anilines is 1. The van der Waals surface area contributed by atoms with E-state index in [2.05, 4.69) is 10.1 Å². The van der Waals surface area contributed by atoms with E-state index in [1.54, 1.807) is 6.07 Å². The average Bonchev–Trinajstić information content (AvgIpc) is 2.34. The summed E-state index contributed by atoms with van der Waals surface area (Å²) in [5.41, 5.74) is 1.72. The smallest absolute Gasteiger partial charge is 0.372 e. The van der Waals surface area contributed by atoms with Crippen LogP contribution < -0.4 is 5.32 Å². The number of benzene rings is 1. The van der Waals surface area contributed by atoms with E-state index in [9.17, 15) is 18.0 Å². The van der Waals surface area contributed by atoms with Gasteiger partial charge in [-0.2, -0.15) is 13.2 Å². The Labute approximate surface area is 116 Å². The summed E-state index contributed by atoms with van der Waals surface area (Å²) in [5.74, 6) is -0.0324. The summed E-state index contributed by atoms with van der Waals surface area (Å²) in [6.07, 6.45) is -4.47. The maximum Gasteiger partial charge on any atom is 0.411 e. The molecule has 3 nitrogen and oxygen atoms in total. The Kier molecular flexibility index (Phi) is 6.01. The Morgan fingerprint density at radius 2 is 2.05 bits per heavy atom. The molecule has 112 valence electrons. The molecule has 0 fully saturated rings. The number of nitrogens with one attached hydrogen (secondary N) is 1. The van der Waals surface area contributed by atoms with Gasteiger partial charge < -0.3 is 10.1 Å². The zero-order chi connectivity index (χ0) is 15.2. The van der Waals surface area contributed by atoms with Crippen LogP contribution in [0.25, 0.3) is 0 Å². The van der Waals surface area contributed by atoms with Crippen molar-refractivity contribution in [2.75, 3.05) is 18.5 Å². The molecule has 6 heteroatoms. The van der Waals surface area contributed by atoms with E-state index in [1.807, 2.05) is 32.0 Å². The zero-order valence-corrected chi connectivity index (χ0v) is 11.5. The predicted octanol–water partition coefficient (Wildman–Crippen LogP) is 3.72. The van der Waals surface area contributed by atoms with E-state index < -0.39 is 12.8 Å². The first-order chi connectivity index (χ1) is 9.28. The van der Waals surface area contributed by atoms with Gasteiger partial charge >= 0.3 is 6.18 Å². The first-order valence-corrected chi connectivity index (χ1v) is 6.32. The molecule has 0 spiro atoms. The van der Waals surface area contributed by atoms with Crippen molar-refractivity contribution in [3.63, 3.8) is 0 Å². The van der Waals surface area contributed by atoms with E-state index in [4.69, 9.17) is 0 Å². The van der Waals surface area contributed by atoms with Crippen molar-refractivity contribution in [2.45, 2.75) is 32.4 Å². The lowest BCUT2D eigenvalue weighted by Crippen LogP contribution is -2.20. The Morgan fingerprint density at radius 3 is 2.65 bits per heavy atom. The molecule has 1 amide bonds. The summed E-state index contributed by atoms with van der Waals surface area (Å²) in [6, 6.07) is 7.36. The summed E-state index contributed by atoms with van der Waals surface area (Å²) >= 11 is 0. The highest BCUT2D eigenvalue weighted by Crippen LogP contribution is 2.18. The molecule has 0 radical (unpaired) electrons. The van der Waals surface area contributed by atoms with Gasteiger partial charge in [-0.15, -0.1) is 0 Å². The van der Waals surface area contributed by atoms with Gasteiger partial charge in [0.1, 0.15) is 6.61 Å². The van der Waals surface area contributed by atoms with Crippen LogP contribution in [0.3, 0.4) is 0 Å². The van der Waals surface area contributed by atoms with Gasteiger partial charge in [-0.05, 0) is 23.6 Å². The third kappa shape index (κ3) is 6.56. The van der Waals surface area contributed by atoms with Crippen LogP contribution in [0.15, 0.2) is 24.3 Å². The minimum Gasteiger partial charge on any atom is -0.372 e. The summed E-state index contributed by atoms with van der Waals surface area (Å²) in [5, 5.41) is 2.63. The quantitative estimate of drug-likeness (QED) is 0.811. The van der Waals surface area contributed by atoms with Gasteiger partial charge in [-0.3, -0.25) is 4.79 Å². The fourth-order valence-corrected chi connectivity index (χ4v) is 1.55. The van der Waals surface area contributed by atoms with Crippen molar-refractivity contribution in [3.8, 4) is 0 Å². The van der Waals surface area contributed by atoms with Crippen LogP contribution in [-0.2, 0) is 9.53 Å². The second-order valence-electron chi connectivity index (χ2n) is 4.75. The minimum absolute atomic E-state index is 0.109. The second kappa shape index (κ2) is 7.28.